The fourth-order valence-corrected chi connectivity index (χ4v) is 2.57. The summed E-state index contributed by atoms with van der Waals surface area (Å²) in [6.45, 7) is 1.84. The molecule has 1 heterocycles. The first kappa shape index (κ1) is 14.0. The number of aromatic nitrogens is 3. The van der Waals surface area contributed by atoms with E-state index in [0.29, 0.717) is 17.3 Å². The number of aliphatic hydroxyl groups is 1. The van der Waals surface area contributed by atoms with Crippen LogP contribution in [0.1, 0.15) is 11.4 Å². The van der Waals surface area contributed by atoms with Gasteiger partial charge in [0.25, 0.3) is 0 Å². The molecule has 1 aromatic heterocycles. The zero-order valence-electron chi connectivity index (χ0n) is 10.8. The van der Waals surface area contributed by atoms with E-state index in [9.17, 15) is 5.11 Å². The highest BCUT2D eigenvalue weighted by molar-refractivity contribution is 7.99. The lowest BCUT2D eigenvalue weighted by atomic mass is 10.0. The summed E-state index contributed by atoms with van der Waals surface area (Å²) in [6, 6.07) is 9.65. The second kappa shape index (κ2) is 6.70. The number of aromatic amines is 1. The van der Waals surface area contributed by atoms with Crippen LogP contribution in [0.3, 0.4) is 0 Å². The van der Waals surface area contributed by atoms with E-state index in [4.69, 9.17) is 5.73 Å². The van der Waals surface area contributed by atoms with E-state index in [2.05, 4.69) is 15.2 Å². The molecule has 0 saturated heterocycles. The number of benzene rings is 1. The number of aliphatic hydroxyl groups excluding tert-OH is 1. The molecule has 0 amide bonds. The molecule has 0 radical (unpaired) electrons. The second-order valence-electron chi connectivity index (χ2n) is 4.44. The molecule has 19 heavy (non-hydrogen) atoms. The van der Waals surface area contributed by atoms with Crippen LogP contribution in [0.2, 0.25) is 0 Å². The van der Waals surface area contributed by atoms with Gasteiger partial charge in [-0.25, -0.2) is 4.98 Å². The number of nitrogens with two attached hydrogens (primary N) is 1. The molecule has 5 nitrogen and oxygen atoms in total. The molecule has 0 aliphatic carbocycles. The molecule has 2 atom stereocenters. The molecule has 0 aliphatic heterocycles. The van der Waals surface area contributed by atoms with Crippen LogP contribution in [0.4, 0.5) is 0 Å². The molecular formula is C13H18N4OS. The van der Waals surface area contributed by atoms with Crippen molar-refractivity contribution < 1.29 is 5.11 Å². The van der Waals surface area contributed by atoms with Crippen molar-refractivity contribution in [3.63, 3.8) is 0 Å². The smallest absolute Gasteiger partial charge is 0.208 e. The molecule has 0 saturated carbocycles. The van der Waals surface area contributed by atoms with Gasteiger partial charge in [0.2, 0.25) is 5.16 Å². The first-order chi connectivity index (χ1) is 9.15. The Morgan fingerprint density at radius 3 is 2.74 bits per heavy atom. The van der Waals surface area contributed by atoms with E-state index in [1.165, 1.54) is 11.8 Å². The molecule has 0 spiro atoms. The first-order valence-electron chi connectivity index (χ1n) is 6.14. The number of aryl methyl sites for hydroxylation is 1. The van der Waals surface area contributed by atoms with Gasteiger partial charge in [0, 0.05) is 11.8 Å². The third kappa shape index (κ3) is 4.34. The highest BCUT2D eigenvalue weighted by Gasteiger charge is 2.16. The Morgan fingerprint density at radius 1 is 1.37 bits per heavy atom. The standard InChI is InChI=1S/C13H18N4OS/c1-9-15-13(17-16-9)19-8-12(18)11(14)7-10-5-3-2-4-6-10/h2-6,11-12,18H,7-8,14H2,1H3,(H,15,16,17). The van der Waals surface area contributed by atoms with Crippen molar-refractivity contribution in [2.45, 2.75) is 30.6 Å². The lowest BCUT2D eigenvalue weighted by Gasteiger charge is -2.17. The highest BCUT2D eigenvalue weighted by atomic mass is 32.2. The topological polar surface area (TPSA) is 87.8 Å². The Kier molecular flexibility index (Phi) is 4.95. The minimum absolute atomic E-state index is 0.282. The van der Waals surface area contributed by atoms with Gasteiger partial charge in [-0.15, -0.1) is 5.10 Å². The van der Waals surface area contributed by atoms with Gasteiger partial charge >= 0.3 is 0 Å². The summed E-state index contributed by atoms with van der Waals surface area (Å²) in [5.41, 5.74) is 7.14. The Bertz CT molecular complexity index is 502. The number of nitrogens with zero attached hydrogens (tertiary/aromatic N) is 2. The molecule has 1 aromatic carbocycles. The fourth-order valence-electron chi connectivity index (χ4n) is 1.69. The molecule has 2 aromatic rings. The van der Waals surface area contributed by atoms with Crippen molar-refractivity contribution in [1.82, 2.24) is 15.2 Å². The number of H-pyrrole nitrogens is 1. The van der Waals surface area contributed by atoms with Crippen LogP contribution in [-0.2, 0) is 6.42 Å². The number of rotatable bonds is 6. The van der Waals surface area contributed by atoms with Crippen LogP contribution >= 0.6 is 11.8 Å². The lowest BCUT2D eigenvalue weighted by Crippen LogP contribution is -2.38. The highest BCUT2D eigenvalue weighted by Crippen LogP contribution is 2.15. The summed E-state index contributed by atoms with van der Waals surface area (Å²) in [5.74, 6) is 1.26. The first-order valence-corrected chi connectivity index (χ1v) is 7.13. The van der Waals surface area contributed by atoms with Crippen molar-refractivity contribution >= 4 is 11.8 Å². The average Bonchev–Trinajstić information content (AvgIpc) is 2.83. The van der Waals surface area contributed by atoms with E-state index in [0.717, 1.165) is 11.4 Å². The van der Waals surface area contributed by atoms with Crippen LogP contribution in [0, 0.1) is 6.92 Å². The molecular weight excluding hydrogens is 260 g/mol. The zero-order chi connectivity index (χ0) is 13.7. The average molecular weight is 278 g/mol. The van der Waals surface area contributed by atoms with Gasteiger partial charge in [0.15, 0.2) is 0 Å². The van der Waals surface area contributed by atoms with Crippen molar-refractivity contribution in [3.8, 4) is 0 Å². The Balaban J connectivity index is 1.80. The molecule has 0 aliphatic rings. The van der Waals surface area contributed by atoms with Gasteiger partial charge < -0.3 is 10.8 Å². The quantitative estimate of drug-likeness (QED) is 0.690. The predicted octanol–water partition coefficient (Wildman–Crippen LogP) is 1.14. The Labute approximate surface area is 116 Å². The van der Waals surface area contributed by atoms with Gasteiger partial charge in [-0.2, -0.15) is 0 Å². The minimum atomic E-state index is -0.580. The van der Waals surface area contributed by atoms with Gasteiger partial charge in [-0.3, -0.25) is 5.10 Å². The normalized spacial score (nSPS) is 14.3. The summed E-state index contributed by atoms with van der Waals surface area (Å²) in [7, 11) is 0. The summed E-state index contributed by atoms with van der Waals surface area (Å²) in [6.07, 6.45) is 0.0827. The molecule has 2 rings (SSSR count). The van der Waals surface area contributed by atoms with Gasteiger partial charge in [-0.1, -0.05) is 42.1 Å². The van der Waals surface area contributed by atoms with Crippen molar-refractivity contribution in [2.75, 3.05) is 5.75 Å². The number of thioether (sulfide) groups is 1. The number of nitrogens with one attached hydrogen (secondary N) is 1. The second-order valence-corrected chi connectivity index (χ2v) is 5.42. The summed E-state index contributed by atoms with van der Waals surface area (Å²) in [4.78, 5) is 4.17. The van der Waals surface area contributed by atoms with E-state index in [1.54, 1.807) is 0 Å². The molecule has 0 bridgehead atoms. The van der Waals surface area contributed by atoms with Crippen LogP contribution in [0.25, 0.3) is 0 Å². The maximum atomic E-state index is 10.0. The van der Waals surface area contributed by atoms with Crippen LogP contribution in [0.5, 0.6) is 0 Å². The number of hydrogen-bond acceptors (Lipinski definition) is 5. The fraction of sp³-hybridized carbons (Fsp3) is 0.385. The van der Waals surface area contributed by atoms with Gasteiger partial charge in [0.1, 0.15) is 5.82 Å². The summed E-state index contributed by atoms with van der Waals surface area (Å²) in [5, 5.41) is 17.5. The third-order valence-corrected chi connectivity index (χ3v) is 3.72. The monoisotopic (exact) mass is 278 g/mol. The van der Waals surface area contributed by atoms with Gasteiger partial charge in [0.05, 0.1) is 6.10 Å². The SMILES string of the molecule is Cc1nc(SCC(O)C(N)Cc2ccccc2)n[nH]1. The van der Waals surface area contributed by atoms with Crippen LogP contribution < -0.4 is 5.73 Å². The van der Waals surface area contributed by atoms with Gasteiger partial charge in [-0.05, 0) is 18.9 Å². The number of hydrogen-bond donors (Lipinski definition) is 3. The molecule has 2 unspecified atom stereocenters. The summed E-state index contributed by atoms with van der Waals surface area (Å²) < 4.78 is 0. The van der Waals surface area contributed by atoms with E-state index in [1.807, 2.05) is 37.3 Å². The molecule has 6 heteroatoms. The summed E-state index contributed by atoms with van der Waals surface area (Å²) >= 11 is 1.40. The maximum Gasteiger partial charge on any atom is 0.208 e. The van der Waals surface area contributed by atoms with E-state index < -0.39 is 6.10 Å². The van der Waals surface area contributed by atoms with Crippen molar-refractivity contribution in [1.29, 1.82) is 0 Å². The minimum Gasteiger partial charge on any atom is -0.391 e. The third-order valence-electron chi connectivity index (χ3n) is 2.77. The van der Waals surface area contributed by atoms with Crippen molar-refractivity contribution in [3.05, 3.63) is 41.7 Å². The van der Waals surface area contributed by atoms with Crippen molar-refractivity contribution in [2.24, 2.45) is 5.73 Å². The Hall–Kier alpha value is -1.37. The molecule has 102 valence electrons. The van der Waals surface area contributed by atoms with E-state index >= 15 is 0 Å². The Morgan fingerprint density at radius 2 is 2.11 bits per heavy atom. The van der Waals surface area contributed by atoms with Crippen LogP contribution in [-0.4, -0.2) is 38.2 Å². The van der Waals surface area contributed by atoms with E-state index in [-0.39, 0.29) is 6.04 Å². The lowest BCUT2D eigenvalue weighted by molar-refractivity contribution is 0.167. The zero-order valence-corrected chi connectivity index (χ0v) is 11.6. The largest absolute Gasteiger partial charge is 0.391 e. The molecule has 4 N–H and O–H groups in total. The maximum absolute atomic E-state index is 10.0. The molecule has 0 fully saturated rings. The van der Waals surface area contributed by atoms with Crippen LogP contribution in [0.15, 0.2) is 35.5 Å². The predicted molar refractivity (Wildman–Crippen MR) is 76.0 cm³/mol.